The topological polar surface area (TPSA) is 131 Å². The molecule has 27 heavy (non-hydrogen) atoms. The van der Waals surface area contributed by atoms with Crippen molar-refractivity contribution in [3.8, 4) is 0 Å². The highest BCUT2D eigenvalue weighted by Crippen LogP contribution is 2.31. The maximum Gasteiger partial charge on any atom is 0.330 e. The van der Waals surface area contributed by atoms with Gasteiger partial charge in [-0.25, -0.2) is 4.79 Å². The van der Waals surface area contributed by atoms with Crippen LogP contribution in [-0.2, 0) is 16.1 Å². The molecule has 1 amide bonds. The molecule has 2 heterocycles. The van der Waals surface area contributed by atoms with Crippen LogP contribution in [0.25, 0.3) is 0 Å². The number of aromatic amines is 1. The number of hydrogen-bond donors (Lipinski definition) is 2. The number of ether oxygens (including phenoxy) is 1. The van der Waals surface area contributed by atoms with Crippen molar-refractivity contribution in [3.05, 3.63) is 26.4 Å². The van der Waals surface area contributed by atoms with Gasteiger partial charge in [0.2, 0.25) is 5.91 Å². The molecule has 0 spiro atoms. The molecule has 0 aromatic carbocycles. The number of amides is 1. The molecule has 0 atom stereocenters. The summed E-state index contributed by atoms with van der Waals surface area (Å²) >= 11 is 0. The Morgan fingerprint density at radius 3 is 2.44 bits per heavy atom. The third-order valence-electron chi connectivity index (χ3n) is 5.02. The molecule has 2 aliphatic rings. The van der Waals surface area contributed by atoms with Gasteiger partial charge in [-0.3, -0.25) is 28.8 Å². The zero-order chi connectivity index (χ0) is 19.6. The number of Topliss-reactive ketones (excluding diaryl/α,β-unsaturated/α-hetero) is 1. The van der Waals surface area contributed by atoms with E-state index >= 15 is 0 Å². The van der Waals surface area contributed by atoms with E-state index in [9.17, 15) is 19.2 Å². The van der Waals surface area contributed by atoms with Crippen molar-refractivity contribution >= 4 is 17.5 Å². The van der Waals surface area contributed by atoms with Crippen LogP contribution in [0.15, 0.2) is 9.59 Å². The Hall–Kier alpha value is -2.46. The summed E-state index contributed by atoms with van der Waals surface area (Å²) in [5.41, 5.74) is 4.28. The van der Waals surface area contributed by atoms with Gasteiger partial charge < -0.3 is 15.4 Å². The minimum atomic E-state index is -0.779. The van der Waals surface area contributed by atoms with E-state index in [1.807, 2.05) is 9.80 Å². The number of H-pyrrole nitrogens is 1. The molecule has 1 aliphatic heterocycles. The fourth-order valence-electron chi connectivity index (χ4n) is 3.26. The largest absolute Gasteiger partial charge is 0.384 e. The molecule has 3 rings (SSSR count). The summed E-state index contributed by atoms with van der Waals surface area (Å²) in [5, 5.41) is 0. The molecule has 1 saturated heterocycles. The molecule has 10 heteroatoms. The Morgan fingerprint density at radius 2 is 1.85 bits per heavy atom. The van der Waals surface area contributed by atoms with Crippen LogP contribution in [0.1, 0.15) is 23.2 Å². The molecule has 1 aliphatic carbocycles. The van der Waals surface area contributed by atoms with Crippen LogP contribution >= 0.6 is 0 Å². The van der Waals surface area contributed by atoms with Gasteiger partial charge in [-0.2, -0.15) is 0 Å². The van der Waals surface area contributed by atoms with Gasteiger partial charge in [0.05, 0.1) is 19.7 Å². The van der Waals surface area contributed by atoms with Crippen LogP contribution < -0.4 is 17.0 Å². The molecule has 0 radical (unpaired) electrons. The number of nitrogen functional groups attached to an aromatic ring is 1. The van der Waals surface area contributed by atoms with Gasteiger partial charge in [-0.15, -0.1) is 0 Å². The standard InChI is InChI=1S/C17H25N5O5/c1-27-9-8-22-14(18)13(15(24)19-17(22)26)12(23)10-20-4-6-21(7-5-20)16(25)11-2-3-11/h11H,2-10,18H2,1H3,(H,19,24,26). The lowest BCUT2D eigenvalue weighted by molar-refractivity contribution is -0.134. The second-order valence-corrected chi connectivity index (χ2v) is 6.96. The average Bonchev–Trinajstić information content (AvgIpc) is 3.46. The third-order valence-corrected chi connectivity index (χ3v) is 5.02. The minimum Gasteiger partial charge on any atom is -0.384 e. The zero-order valence-corrected chi connectivity index (χ0v) is 15.4. The quantitative estimate of drug-likeness (QED) is 0.551. The summed E-state index contributed by atoms with van der Waals surface area (Å²) in [6.07, 6.45) is 1.94. The first-order chi connectivity index (χ1) is 12.9. The van der Waals surface area contributed by atoms with Crippen molar-refractivity contribution in [3.63, 3.8) is 0 Å². The van der Waals surface area contributed by atoms with Crippen LogP contribution in [0.3, 0.4) is 0 Å². The van der Waals surface area contributed by atoms with Crippen molar-refractivity contribution < 1.29 is 14.3 Å². The molecule has 1 saturated carbocycles. The number of aromatic nitrogens is 2. The maximum atomic E-state index is 12.7. The Balaban J connectivity index is 1.67. The van der Waals surface area contributed by atoms with Gasteiger partial charge in [0.15, 0.2) is 5.78 Å². The molecule has 2 fully saturated rings. The highest BCUT2D eigenvalue weighted by molar-refractivity contribution is 6.01. The van der Waals surface area contributed by atoms with Crippen molar-refractivity contribution in [1.82, 2.24) is 19.4 Å². The molecular formula is C17H25N5O5. The van der Waals surface area contributed by atoms with Gasteiger partial charge in [-0.1, -0.05) is 0 Å². The number of anilines is 1. The Bertz CT molecular complexity index is 833. The number of carbonyl (C=O) groups excluding carboxylic acids is 2. The van der Waals surface area contributed by atoms with Crippen LogP contribution in [0.4, 0.5) is 5.82 Å². The second-order valence-electron chi connectivity index (χ2n) is 6.96. The predicted molar refractivity (Wildman–Crippen MR) is 97.7 cm³/mol. The lowest BCUT2D eigenvalue weighted by Crippen LogP contribution is -2.50. The first-order valence-corrected chi connectivity index (χ1v) is 9.08. The first kappa shape index (κ1) is 19.3. The van der Waals surface area contributed by atoms with Gasteiger partial charge >= 0.3 is 5.69 Å². The normalized spacial score (nSPS) is 17.9. The Kier molecular flexibility index (Phi) is 5.76. The molecule has 3 N–H and O–H groups in total. The molecule has 1 aromatic heterocycles. The highest BCUT2D eigenvalue weighted by atomic mass is 16.5. The fourth-order valence-corrected chi connectivity index (χ4v) is 3.26. The number of hydrogen-bond acceptors (Lipinski definition) is 7. The van der Waals surface area contributed by atoms with Gasteiger partial charge in [0.25, 0.3) is 5.56 Å². The number of rotatable bonds is 7. The van der Waals surface area contributed by atoms with Crippen LogP contribution in [-0.4, -0.2) is 77.5 Å². The van der Waals surface area contributed by atoms with Crippen molar-refractivity contribution in [2.24, 2.45) is 5.92 Å². The number of nitrogens with zero attached hydrogens (tertiary/aromatic N) is 3. The van der Waals surface area contributed by atoms with E-state index in [-0.39, 0.29) is 42.9 Å². The minimum absolute atomic E-state index is 0.0151. The smallest absolute Gasteiger partial charge is 0.330 e. The highest BCUT2D eigenvalue weighted by Gasteiger charge is 2.35. The summed E-state index contributed by atoms with van der Waals surface area (Å²) in [4.78, 5) is 54.6. The Morgan fingerprint density at radius 1 is 1.19 bits per heavy atom. The monoisotopic (exact) mass is 379 g/mol. The summed E-state index contributed by atoms with van der Waals surface area (Å²) in [6, 6.07) is 0. The van der Waals surface area contributed by atoms with Crippen molar-refractivity contribution in [2.45, 2.75) is 19.4 Å². The molecule has 0 unspecified atom stereocenters. The summed E-state index contributed by atoms with van der Waals surface area (Å²) < 4.78 is 6.06. The number of ketones is 1. The number of methoxy groups -OCH3 is 1. The summed E-state index contributed by atoms with van der Waals surface area (Å²) in [5.74, 6) is -0.202. The van der Waals surface area contributed by atoms with Crippen LogP contribution in [0.2, 0.25) is 0 Å². The van der Waals surface area contributed by atoms with E-state index in [0.717, 1.165) is 17.4 Å². The first-order valence-electron chi connectivity index (χ1n) is 9.08. The van der Waals surface area contributed by atoms with Gasteiger partial charge in [-0.05, 0) is 12.8 Å². The van der Waals surface area contributed by atoms with Gasteiger partial charge in [0.1, 0.15) is 11.4 Å². The second kappa shape index (κ2) is 8.05. The Labute approximate surface area is 155 Å². The number of piperazine rings is 1. The lowest BCUT2D eigenvalue weighted by Gasteiger charge is -2.34. The average molecular weight is 379 g/mol. The SMILES string of the molecule is COCCn1c(N)c(C(=O)CN2CCN(C(=O)C3CC3)CC2)c(=O)[nH]c1=O. The molecule has 148 valence electrons. The number of carbonyl (C=O) groups is 2. The summed E-state index contributed by atoms with van der Waals surface area (Å²) in [7, 11) is 1.48. The van der Waals surface area contributed by atoms with Gasteiger partial charge in [0, 0.05) is 39.2 Å². The fraction of sp³-hybridized carbons (Fsp3) is 0.647. The summed E-state index contributed by atoms with van der Waals surface area (Å²) in [6.45, 7) is 2.64. The van der Waals surface area contributed by atoms with E-state index in [4.69, 9.17) is 10.5 Å². The third kappa shape index (κ3) is 4.28. The number of nitrogens with two attached hydrogens (primary N) is 1. The van der Waals surface area contributed by atoms with E-state index in [2.05, 4.69) is 4.98 Å². The van der Waals surface area contributed by atoms with E-state index < -0.39 is 17.0 Å². The molecule has 1 aromatic rings. The number of nitrogens with one attached hydrogen (secondary N) is 1. The maximum absolute atomic E-state index is 12.7. The van der Waals surface area contributed by atoms with E-state index in [0.29, 0.717) is 26.2 Å². The predicted octanol–water partition coefficient (Wildman–Crippen LogP) is -1.50. The van der Waals surface area contributed by atoms with Crippen LogP contribution in [0.5, 0.6) is 0 Å². The molecular weight excluding hydrogens is 354 g/mol. The molecule has 10 nitrogen and oxygen atoms in total. The lowest BCUT2D eigenvalue weighted by atomic mass is 10.1. The van der Waals surface area contributed by atoms with E-state index in [1.54, 1.807) is 0 Å². The molecule has 0 bridgehead atoms. The van der Waals surface area contributed by atoms with E-state index in [1.165, 1.54) is 7.11 Å². The van der Waals surface area contributed by atoms with Crippen molar-refractivity contribution in [1.29, 1.82) is 0 Å². The zero-order valence-electron chi connectivity index (χ0n) is 15.4. The van der Waals surface area contributed by atoms with Crippen LogP contribution in [0, 0.1) is 5.92 Å². The van der Waals surface area contributed by atoms with Crippen molar-refractivity contribution in [2.75, 3.05) is 52.2 Å².